The maximum absolute atomic E-state index is 12.3. The minimum atomic E-state index is -0.858. The number of hydrogen-bond donors (Lipinski definition) is 2. The smallest absolute Gasteiger partial charge is 0.318 e. The number of aryl methyl sites for hydroxylation is 1. The molecule has 3 N–H and O–H groups in total. The number of benzene rings is 1. The molecule has 3 amide bonds. The Bertz CT molecular complexity index is 966. The van der Waals surface area contributed by atoms with Crippen molar-refractivity contribution in [2.75, 3.05) is 0 Å². The summed E-state index contributed by atoms with van der Waals surface area (Å²) in [5, 5.41) is 11.8. The summed E-state index contributed by atoms with van der Waals surface area (Å²) < 4.78 is 1.93. The van der Waals surface area contributed by atoms with E-state index in [2.05, 4.69) is 15.5 Å². The molecule has 0 bridgehead atoms. The van der Waals surface area contributed by atoms with Crippen LogP contribution < -0.4 is 11.1 Å². The van der Waals surface area contributed by atoms with Crippen LogP contribution in [0.2, 0.25) is 0 Å². The Morgan fingerprint density at radius 3 is 2.64 bits per heavy atom. The Morgan fingerprint density at radius 2 is 1.96 bits per heavy atom. The summed E-state index contributed by atoms with van der Waals surface area (Å²) in [6.07, 6.45) is 0. The van der Waals surface area contributed by atoms with Gasteiger partial charge in [-0.05, 0) is 30.5 Å². The van der Waals surface area contributed by atoms with E-state index < -0.39 is 17.2 Å². The highest BCUT2D eigenvalue weighted by Gasteiger charge is 2.27. The lowest BCUT2D eigenvalue weighted by atomic mass is 10.1. The largest absolute Gasteiger partial charge is 0.351 e. The van der Waals surface area contributed by atoms with Gasteiger partial charge in [0.1, 0.15) is 0 Å². The molecule has 8 heteroatoms. The second kappa shape index (κ2) is 6.72. The van der Waals surface area contributed by atoms with E-state index in [1.54, 1.807) is 0 Å². The number of rotatable bonds is 4. The molecular weight excluding hydrogens is 338 g/mol. The number of pyridine rings is 1. The molecule has 3 aromatic rings. The lowest BCUT2D eigenvalue weighted by Crippen LogP contribution is -2.42. The molecule has 0 fully saturated rings. The minimum absolute atomic E-state index is 0.0200. The van der Waals surface area contributed by atoms with Crippen molar-refractivity contribution in [3.8, 4) is 0 Å². The van der Waals surface area contributed by atoms with Crippen LogP contribution >= 0.6 is 11.8 Å². The van der Waals surface area contributed by atoms with E-state index in [-0.39, 0.29) is 5.92 Å². The summed E-state index contributed by atoms with van der Waals surface area (Å²) >= 11 is 1.27. The van der Waals surface area contributed by atoms with Crippen LogP contribution in [-0.2, 0) is 4.79 Å². The fourth-order valence-corrected chi connectivity index (χ4v) is 3.80. The molecule has 1 atom stereocenters. The summed E-state index contributed by atoms with van der Waals surface area (Å²) in [4.78, 5) is 23.3. The van der Waals surface area contributed by atoms with Crippen LogP contribution in [0.4, 0.5) is 4.79 Å². The van der Waals surface area contributed by atoms with E-state index in [0.29, 0.717) is 5.16 Å². The van der Waals surface area contributed by atoms with E-state index in [1.165, 1.54) is 11.8 Å². The van der Waals surface area contributed by atoms with Crippen molar-refractivity contribution in [3.05, 3.63) is 35.9 Å². The number of primary amides is 1. The van der Waals surface area contributed by atoms with Gasteiger partial charge in [0.15, 0.2) is 10.8 Å². The van der Waals surface area contributed by atoms with Gasteiger partial charge < -0.3 is 5.73 Å². The lowest BCUT2D eigenvalue weighted by molar-refractivity contribution is -0.120. The summed E-state index contributed by atoms with van der Waals surface area (Å²) in [5.41, 5.74) is 7.88. The first kappa shape index (κ1) is 17.2. The first-order valence-electron chi connectivity index (χ1n) is 7.89. The molecule has 0 saturated carbocycles. The Labute approximate surface area is 149 Å². The molecule has 25 heavy (non-hydrogen) atoms. The predicted molar refractivity (Wildman–Crippen MR) is 97.4 cm³/mol. The third kappa shape index (κ3) is 3.30. The highest BCUT2D eigenvalue weighted by Crippen LogP contribution is 2.30. The number of imide groups is 1. The van der Waals surface area contributed by atoms with Crippen molar-refractivity contribution in [1.29, 1.82) is 0 Å². The number of para-hydroxylation sites is 1. The normalized spacial score (nSPS) is 12.6. The van der Waals surface area contributed by atoms with E-state index >= 15 is 0 Å². The number of fused-ring (bicyclic) bond motifs is 3. The molecule has 1 aromatic carbocycles. The van der Waals surface area contributed by atoms with Gasteiger partial charge in [-0.15, -0.1) is 10.2 Å². The SMILES string of the molecule is Cc1cc2nnc(S[C@@H](C(=O)NC(N)=O)C(C)C)n2c2ccccc12. The topological polar surface area (TPSA) is 102 Å². The van der Waals surface area contributed by atoms with Crippen LogP contribution in [-0.4, -0.2) is 31.8 Å². The Hall–Kier alpha value is -2.61. The maximum atomic E-state index is 12.3. The zero-order chi connectivity index (χ0) is 18.1. The number of thioether (sulfide) groups is 1. The van der Waals surface area contributed by atoms with Gasteiger partial charge in [0.25, 0.3) is 0 Å². The Morgan fingerprint density at radius 1 is 1.24 bits per heavy atom. The first-order valence-corrected chi connectivity index (χ1v) is 8.77. The number of nitrogens with one attached hydrogen (secondary N) is 1. The van der Waals surface area contributed by atoms with Crippen LogP contribution in [0, 0.1) is 12.8 Å². The first-order chi connectivity index (χ1) is 11.9. The zero-order valence-corrected chi connectivity index (χ0v) is 15.0. The fourth-order valence-electron chi connectivity index (χ4n) is 2.75. The highest BCUT2D eigenvalue weighted by atomic mass is 32.2. The van der Waals surface area contributed by atoms with E-state index in [4.69, 9.17) is 5.73 Å². The van der Waals surface area contributed by atoms with Gasteiger partial charge in [0, 0.05) is 5.39 Å². The number of nitrogens with zero attached hydrogens (tertiary/aromatic N) is 3. The molecule has 0 unspecified atom stereocenters. The number of urea groups is 1. The van der Waals surface area contributed by atoms with E-state index in [0.717, 1.165) is 22.1 Å². The molecule has 7 nitrogen and oxygen atoms in total. The zero-order valence-electron chi connectivity index (χ0n) is 14.2. The van der Waals surface area contributed by atoms with Crippen molar-refractivity contribution in [2.45, 2.75) is 31.2 Å². The fraction of sp³-hybridized carbons (Fsp3) is 0.294. The Balaban J connectivity index is 2.08. The van der Waals surface area contributed by atoms with E-state index in [9.17, 15) is 9.59 Å². The van der Waals surface area contributed by atoms with Crippen molar-refractivity contribution < 1.29 is 9.59 Å². The van der Waals surface area contributed by atoms with Crippen molar-refractivity contribution in [2.24, 2.45) is 11.7 Å². The number of carbonyl (C=O) groups excluding carboxylic acids is 2. The van der Waals surface area contributed by atoms with Gasteiger partial charge >= 0.3 is 6.03 Å². The molecule has 3 rings (SSSR count). The van der Waals surface area contributed by atoms with Crippen LogP contribution in [0.15, 0.2) is 35.5 Å². The van der Waals surface area contributed by atoms with Crippen molar-refractivity contribution in [3.63, 3.8) is 0 Å². The van der Waals surface area contributed by atoms with Crippen LogP contribution in [0.1, 0.15) is 19.4 Å². The number of aromatic nitrogens is 3. The van der Waals surface area contributed by atoms with Gasteiger partial charge in [-0.2, -0.15) is 0 Å². The van der Waals surface area contributed by atoms with Crippen LogP contribution in [0.3, 0.4) is 0 Å². The molecule has 0 saturated heterocycles. The summed E-state index contributed by atoms with van der Waals surface area (Å²) in [5.74, 6) is -0.450. The molecular formula is C17H19N5O2S. The summed E-state index contributed by atoms with van der Waals surface area (Å²) in [6.45, 7) is 5.84. The monoisotopic (exact) mass is 357 g/mol. The summed E-state index contributed by atoms with van der Waals surface area (Å²) in [6, 6.07) is 9.08. The molecule has 2 heterocycles. The lowest BCUT2D eigenvalue weighted by Gasteiger charge is -2.18. The average Bonchev–Trinajstić information content (AvgIpc) is 2.94. The quantitative estimate of drug-likeness (QED) is 0.699. The molecule has 0 spiro atoms. The second-order valence-corrected chi connectivity index (χ2v) is 7.27. The number of carbonyl (C=O) groups is 2. The molecule has 0 aliphatic rings. The minimum Gasteiger partial charge on any atom is -0.351 e. The van der Waals surface area contributed by atoms with Gasteiger partial charge in [0.05, 0.1) is 10.8 Å². The molecule has 0 radical (unpaired) electrons. The van der Waals surface area contributed by atoms with Gasteiger partial charge in [-0.1, -0.05) is 43.8 Å². The number of hydrogen-bond acceptors (Lipinski definition) is 5. The van der Waals surface area contributed by atoms with Crippen LogP contribution in [0.25, 0.3) is 16.6 Å². The standard InChI is InChI=1S/C17H19N5O2S/c1-9(2)14(15(23)19-16(18)24)25-17-21-20-13-8-10(3)11-6-4-5-7-12(11)22(13)17/h4-9,14H,1-3H3,(H3,18,19,23,24)/t14-/m1/s1. The highest BCUT2D eigenvalue weighted by molar-refractivity contribution is 8.00. The van der Waals surface area contributed by atoms with Gasteiger partial charge in [0.2, 0.25) is 5.91 Å². The van der Waals surface area contributed by atoms with Gasteiger partial charge in [-0.25, -0.2) is 4.79 Å². The number of nitrogens with two attached hydrogens (primary N) is 1. The van der Waals surface area contributed by atoms with Crippen molar-refractivity contribution in [1.82, 2.24) is 19.9 Å². The Kier molecular flexibility index (Phi) is 4.63. The number of amides is 3. The van der Waals surface area contributed by atoms with Crippen molar-refractivity contribution >= 4 is 40.3 Å². The van der Waals surface area contributed by atoms with Crippen LogP contribution in [0.5, 0.6) is 0 Å². The molecule has 2 aromatic heterocycles. The van der Waals surface area contributed by atoms with Gasteiger partial charge in [-0.3, -0.25) is 14.5 Å². The predicted octanol–water partition coefficient (Wildman–Crippen LogP) is 2.50. The third-order valence-electron chi connectivity index (χ3n) is 3.92. The maximum Gasteiger partial charge on any atom is 0.318 e. The third-order valence-corrected chi connectivity index (χ3v) is 5.40. The summed E-state index contributed by atoms with van der Waals surface area (Å²) in [7, 11) is 0. The second-order valence-electron chi connectivity index (χ2n) is 6.16. The molecule has 130 valence electrons. The average molecular weight is 357 g/mol. The molecule has 0 aliphatic carbocycles. The molecule has 0 aliphatic heterocycles. The van der Waals surface area contributed by atoms with E-state index in [1.807, 2.05) is 55.5 Å².